The minimum Gasteiger partial charge on any atom is -0.497 e. The lowest BCUT2D eigenvalue weighted by molar-refractivity contribution is -0.116. The van der Waals surface area contributed by atoms with Crippen molar-refractivity contribution in [2.45, 2.75) is 19.8 Å². The molecule has 0 bridgehead atoms. The number of ether oxygens (including phenoxy) is 1. The van der Waals surface area contributed by atoms with E-state index in [0.717, 1.165) is 5.39 Å². The third-order valence-corrected chi connectivity index (χ3v) is 4.31. The Hall–Kier alpha value is -3.41. The van der Waals surface area contributed by atoms with Crippen LogP contribution in [0, 0.1) is 6.92 Å². The molecule has 0 saturated heterocycles. The molecule has 0 fully saturated rings. The number of hydrogen-bond donors (Lipinski definition) is 2. The summed E-state index contributed by atoms with van der Waals surface area (Å²) < 4.78 is 5.06. The highest BCUT2D eigenvalue weighted by atomic mass is 16.5. The molecule has 0 aliphatic carbocycles. The van der Waals surface area contributed by atoms with Crippen LogP contribution in [0.4, 0.5) is 5.69 Å². The Morgan fingerprint density at radius 2 is 1.78 bits per heavy atom. The first-order valence-electron chi connectivity index (χ1n) is 8.57. The standard InChI is InChI=1S/C21H20N2O4/c1-13-11-15-3-6-16(12-18(15)23-21(13)26)22-20(25)10-9-19(24)14-4-7-17(27-2)8-5-14/h3-8,11-12H,9-10H2,1-2H3,(H,22,25)(H,23,26). The summed E-state index contributed by atoms with van der Waals surface area (Å²) in [4.78, 5) is 38.8. The zero-order valence-corrected chi connectivity index (χ0v) is 15.2. The fourth-order valence-electron chi connectivity index (χ4n) is 2.76. The van der Waals surface area contributed by atoms with Crippen LogP contribution in [0.3, 0.4) is 0 Å². The van der Waals surface area contributed by atoms with Crippen LogP contribution in [0.2, 0.25) is 0 Å². The second-order valence-electron chi connectivity index (χ2n) is 6.28. The van der Waals surface area contributed by atoms with Gasteiger partial charge >= 0.3 is 0 Å². The Kier molecular flexibility index (Phi) is 5.35. The molecule has 2 N–H and O–H groups in total. The molecule has 0 aliphatic heterocycles. The average molecular weight is 364 g/mol. The van der Waals surface area contributed by atoms with Gasteiger partial charge in [0, 0.05) is 29.7 Å². The van der Waals surface area contributed by atoms with E-state index in [1.54, 1.807) is 56.5 Å². The average Bonchev–Trinajstić information content (AvgIpc) is 2.67. The minimum absolute atomic E-state index is 0.0767. The van der Waals surface area contributed by atoms with Crippen LogP contribution in [-0.4, -0.2) is 23.8 Å². The molecular formula is C21H20N2O4. The van der Waals surface area contributed by atoms with Crippen LogP contribution < -0.4 is 15.6 Å². The Balaban J connectivity index is 1.61. The number of pyridine rings is 1. The summed E-state index contributed by atoms with van der Waals surface area (Å²) in [6.07, 6.45) is 0.190. The van der Waals surface area contributed by atoms with Gasteiger partial charge in [-0.25, -0.2) is 0 Å². The van der Waals surface area contributed by atoms with E-state index < -0.39 is 0 Å². The molecule has 6 nitrogen and oxygen atoms in total. The molecule has 0 spiro atoms. The number of H-pyrrole nitrogens is 1. The van der Waals surface area contributed by atoms with Gasteiger partial charge < -0.3 is 15.0 Å². The van der Waals surface area contributed by atoms with Gasteiger partial charge in [0.25, 0.3) is 5.56 Å². The van der Waals surface area contributed by atoms with E-state index >= 15 is 0 Å². The molecular weight excluding hydrogens is 344 g/mol. The van der Waals surface area contributed by atoms with Gasteiger partial charge in [0.1, 0.15) is 5.75 Å². The van der Waals surface area contributed by atoms with Crippen LogP contribution in [0.5, 0.6) is 5.75 Å². The lowest BCUT2D eigenvalue weighted by atomic mass is 10.1. The minimum atomic E-state index is -0.259. The summed E-state index contributed by atoms with van der Waals surface area (Å²) in [7, 11) is 1.56. The molecule has 0 aliphatic rings. The second-order valence-corrected chi connectivity index (χ2v) is 6.28. The van der Waals surface area contributed by atoms with E-state index in [0.29, 0.717) is 28.1 Å². The number of aromatic amines is 1. The van der Waals surface area contributed by atoms with Gasteiger partial charge in [0.15, 0.2) is 5.78 Å². The number of rotatable bonds is 6. The van der Waals surface area contributed by atoms with Crippen LogP contribution in [-0.2, 0) is 4.79 Å². The molecule has 3 rings (SSSR count). The van der Waals surface area contributed by atoms with E-state index in [2.05, 4.69) is 10.3 Å². The van der Waals surface area contributed by atoms with Crippen molar-refractivity contribution in [3.05, 3.63) is 70.0 Å². The number of fused-ring (bicyclic) bond motifs is 1. The lowest BCUT2D eigenvalue weighted by Crippen LogP contribution is -2.14. The maximum absolute atomic E-state index is 12.2. The Bertz CT molecular complexity index is 1050. The first-order valence-corrected chi connectivity index (χ1v) is 8.57. The van der Waals surface area contributed by atoms with E-state index in [1.807, 2.05) is 6.07 Å². The predicted molar refractivity (Wildman–Crippen MR) is 104 cm³/mol. The SMILES string of the molecule is COc1ccc(C(=O)CCC(=O)Nc2ccc3cc(C)c(=O)[nH]c3c2)cc1. The van der Waals surface area contributed by atoms with Gasteiger partial charge in [-0.2, -0.15) is 0 Å². The summed E-state index contributed by atoms with van der Waals surface area (Å²) in [6, 6.07) is 13.9. The fourth-order valence-corrected chi connectivity index (χ4v) is 2.76. The molecule has 27 heavy (non-hydrogen) atoms. The second kappa shape index (κ2) is 7.86. The molecule has 0 radical (unpaired) electrons. The molecule has 0 atom stereocenters. The van der Waals surface area contributed by atoms with Crippen molar-refractivity contribution >= 4 is 28.3 Å². The Labute approximate surface area is 156 Å². The quantitative estimate of drug-likeness (QED) is 0.656. The Morgan fingerprint density at radius 1 is 1.04 bits per heavy atom. The third kappa shape index (κ3) is 4.41. The van der Waals surface area contributed by atoms with Crippen molar-refractivity contribution in [2.75, 3.05) is 12.4 Å². The maximum Gasteiger partial charge on any atom is 0.251 e. The van der Waals surface area contributed by atoms with E-state index in [9.17, 15) is 14.4 Å². The number of amides is 1. The maximum atomic E-state index is 12.2. The van der Waals surface area contributed by atoms with Gasteiger partial charge in [0.2, 0.25) is 5.91 Å². The summed E-state index contributed by atoms with van der Waals surface area (Å²) >= 11 is 0. The molecule has 6 heteroatoms. The van der Waals surface area contributed by atoms with Crippen LogP contribution >= 0.6 is 0 Å². The first kappa shape index (κ1) is 18.4. The van der Waals surface area contributed by atoms with Gasteiger partial charge in [0.05, 0.1) is 12.6 Å². The molecule has 1 aromatic heterocycles. The summed E-state index contributed by atoms with van der Waals surface area (Å²) in [6.45, 7) is 1.74. The number of methoxy groups -OCH3 is 1. The fraction of sp³-hybridized carbons (Fsp3) is 0.190. The number of nitrogens with one attached hydrogen (secondary N) is 2. The van der Waals surface area contributed by atoms with Gasteiger partial charge in [-0.15, -0.1) is 0 Å². The summed E-state index contributed by atoms with van der Waals surface area (Å²) in [5, 5.41) is 3.65. The normalized spacial score (nSPS) is 10.6. The Morgan fingerprint density at radius 3 is 2.48 bits per heavy atom. The van der Waals surface area contributed by atoms with Crippen molar-refractivity contribution in [1.82, 2.24) is 4.98 Å². The van der Waals surface area contributed by atoms with Crippen molar-refractivity contribution in [3.63, 3.8) is 0 Å². The van der Waals surface area contributed by atoms with Crippen LogP contribution in [0.25, 0.3) is 10.9 Å². The van der Waals surface area contributed by atoms with Crippen molar-refractivity contribution < 1.29 is 14.3 Å². The molecule has 1 heterocycles. The number of carbonyl (C=O) groups is 2. The van der Waals surface area contributed by atoms with Crippen LogP contribution in [0.1, 0.15) is 28.8 Å². The number of anilines is 1. The number of ketones is 1. The molecule has 0 unspecified atom stereocenters. The topological polar surface area (TPSA) is 88.3 Å². The highest BCUT2D eigenvalue weighted by Gasteiger charge is 2.10. The van der Waals surface area contributed by atoms with Gasteiger partial charge in [-0.1, -0.05) is 6.07 Å². The zero-order chi connectivity index (χ0) is 19.4. The molecule has 1 amide bonds. The molecule has 0 saturated carbocycles. The number of hydrogen-bond acceptors (Lipinski definition) is 4. The highest BCUT2D eigenvalue weighted by molar-refractivity contribution is 6.00. The molecule has 2 aromatic carbocycles. The third-order valence-electron chi connectivity index (χ3n) is 4.31. The lowest BCUT2D eigenvalue weighted by Gasteiger charge is -2.07. The number of benzene rings is 2. The highest BCUT2D eigenvalue weighted by Crippen LogP contribution is 2.18. The number of aromatic nitrogens is 1. The van der Waals surface area contributed by atoms with Crippen molar-refractivity contribution in [1.29, 1.82) is 0 Å². The monoisotopic (exact) mass is 364 g/mol. The van der Waals surface area contributed by atoms with E-state index in [-0.39, 0.29) is 30.1 Å². The molecule has 3 aromatic rings. The largest absolute Gasteiger partial charge is 0.497 e. The van der Waals surface area contributed by atoms with Crippen molar-refractivity contribution in [3.8, 4) is 5.75 Å². The van der Waals surface area contributed by atoms with E-state index in [4.69, 9.17) is 4.74 Å². The van der Waals surface area contributed by atoms with Crippen molar-refractivity contribution in [2.24, 2.45) is 0 Å². The molecule has 138 valence electrons. The number of aryl methyl sites for hydroxylation is 1. The predicted octanol–water partition coefficient (Wildman–Crippen LogP) is 3.45. The number of Topliss-reactive ketones (excluding diaryl/α,β-unsaturated/α-hetero) is 1. The van der Waals surface area contributed by atoms with E-state index in [1.165, 1.54) is 0 Å². The first-order chi connectivity index (χ1) is 13.0. The number of carbonyl (C=O) groups excluding carboxylic acids is 2. The summed E-state index contributed by atoms with van der Waals surface area (Å²) in [5.74, 6) is 0.311. The smallest absolute Gasteiger partial charge is 0.251 e. The van der Waals surface area contributed by atoms with Gasteiger partial charge in [-0.05, 0) is 54.8 Å². The van der Waals surface area contributed by atoms with Crippen LogP contribution in [0.15, 0.2) is 53.3 Å². The summed E-state index contributed by atoms with van der Waals surface area (Å²) in [5.41, 5.74) is 2.25. The van der Waals surface area contributed by atoms with Gasteiger partial charge in [-0.3, -0.25) is 14.4 Å². The zero-order valence-electron chi connectivity index (χ0n) is 15.2.